The van der Waals surface area contributed by atoms with Crippen LogP contribution in [-0.4, -0.2) is 56.8 Å². The summed E-state index contributed by atoms with van der Waals surface area (Å²) in [6, 6.07) is 7.48. The van der Waals surface area contributed by atoms with Crippen LogP contribution in [0.1, 0.15) is 48.5 Å². The normalized spacial score (nSPS) is 21.8. The van der Waals surface area contributed by atoms with E-state index in [-0.39, 0.29) is 17.9 Å². The second-order valence-electron chi connectivity index (χ2n) is 9.01. The van der Waals surface area contributed by atoms with E-state index >= 15 is 0 Å². The van der Waals surface area contributed by atoms with E-state index < -0.39 is 0 Å². The Hall–Kier alpha value is -2.64. The minimum absolute atomic E-state index is 0.0133. The number of imidazole rings is 1. The van der Waals surface area contributed by atoms with Crippen LogP contribution in [0.3, 0.4) is 0 Å². The van der Waals surface area contributed by atoms with Crippen molar-refractivity contribution in [1.29, 1.82) is 0 Å². The molecule has 32 heavy (non-hydrogen) atoms. The van der Waals surface area contributed by atoms with Crippen LogP contribution in [0.5, 0.6) is 0 Å². The maximum atomic E-state index is 12.9. The fourth-order valence-corrected chi connectivity index (χ4v) is 4.85. The molecule has 1 saturated carbocycles. The molecule has 1 N–H and O–H groups in total. The highest BCUT2D eigenvalue weighted by atomic mass is 35.5. The van der Waals surface area contributed by atoms with Gasteiger partial charge in [-0.1, -0.05) is 29.8 Å². The third-order valence-corrected chi connectivity index (χ3v) is 6.98. The maximum absolute atomic E-state index is 12.9. The van der Waals surface area contributed by atoms with Crippen molar-refractivity contribution in [2.75, 3.05) is 25.0 Å². The number of fused-ring (bicyclic) bond motifs is 1. The number of likely N-dealkylation sites (tertiary alicyclic amines) is 1. The molecule has 3 heterocycles. The number of nitrogens with one attached hydrogen (secondary N) is 1. The van der Waals surface area contributed by atoms with Crippen LogP contribution in [0.2, 0.25) is 5.02 Å². The topological polar surface area (TPSA) is 70.5 Å². The average Bonchev–Trinajstić information content (AvgIpc) is 3.49. The van der Waals surface area contributed by atoms with Gasteiger partial charge < -0.3 is 14.8 Å². The zero-order valence-electron chi connectivity index (χ0n) is 18.2. The molecule has 8 heteroatoms. The quantitative estimate of drug-likeness (QED) is 0.676. The molecule has 0 spiro atoms. The highest BCUT2D eigenvalue weighted by Crippen LogP contribution is 2.37. The van der Waals surface area contributed by atoms with Crippen LogP contribution in [0.15, 0.2) is 42.6 Å². The van der Waals surface area contributed by atoms with E-state index in [4.69, 9.17) is 11.6 Å². The summed E-state index contributed by atoms with van der Waals surface area (Å²) in [6.45, 7) is 5.21. The van der Waals surface area contributed by atoms with Crippen molar-refractivity contribution in [2.45, 2.75) is 44.8 Å². The Morgan fingerprint density at radius 2 is 2.03 bits per heavy atom. The van der Waals surface area contributed by atoms with E-state index in [0.29, 0.717) is 41.5 Å². The molecule has 1 aromatic heterocycles. The first kappa shape index (κ1) is 21.2. The maximum Gasteiger partial charge on any atom is 0.273 e. The van der Waals surface area contributed by atoms with Gasteiger partial charge in [0.05, 0.1) is 29.5 Å². The minimum Gasteiger partial charge on any atom is -0.330 e. The van der Waals surface area contributed by atoms with Crippen LogP contribution in [-0.2, 0) is 11.3 Å². The van der Waals surface area contributed by atoms with Crippen LogP contribution in [0, 0.1) is 5.92 Å². The Morgan fingerprint density at radius 1 is 1.25 bits per heavy atom. The molecule has 2 aromatic rings. The summed E-state index contributed by atoms with van der Waals surface area (Å²) in [5.74, 6) is 1.18. The Kier molecular flexibility index (Phi) is 5.78. The molecule has 5 rings (SSSR count). The van der Waals surface area contributed by atoms with Gasteiger partial charge in [0.15, 0.2) is 0 Å². The third-order valence-electron chi connectivity index (χ3n) is 6.65. The smallest absolute Gasteiger partial charge is 0.273 e. The molecular weight excluding hydrogens is 426 g/mol. The van der Waals surface area contributed by atoms with Crippen LogP contribution >= 0.6 is 11.6 Å². The Balaban J connectivity index is 1.27. The summed E-state index contributed by atoms with van der Waals surface area (Å²) in [6.07, 6.45) is 9.21. The number of halogens is 1. The lowest BCUT2D eigenvalue weighted by Gasteiger charge is -2.37. The molecule has 1 aliphatic carbocycles. The number of amides is 2. The Bertz CT molecular complexity index is 1060. The number of anilines is 1. The van der Waals surface area contributed by atoms with E-state index in [0.717, 1.165) is 18.9 Å². The van der Waals surface area contributed by atoms with Crippen molar-refractivity contribution in [2.24, 2.45) is 5.92 Å². The van der Waals surface area contributed by atoms with Crippen molar-refractivity contribution < 1.29 is 9.59 Å². The lowest BCUT2D eigenvalue weighted by atomic mass is 10.0. The van der Waals surface area contributed by atoms with Crippen LogP contribution < -0.4 is 5.32 Å². The number of aromatic nitrogens is 2. The van der Waals surface area contributed by atoms with Gasteiger partial charge in [-0.3, -0.25) is 14.5 Å². The zero-order valence-corrected chi connectivity index (χ0v) is 19.0. The van der Waals surface area contributed by atoms with Gasteiger partial charge in [0.2, 0.25) is 5.91 Å². The predicted molar refractivity (Wildman–Crippen MR) is 124 cm³/mol. The van der Waals surface area contributed by atoms with Gasteiger partial charge in [0.1, 0.15) is 11.5 Å². The standard InChI is InChI=1S/C24H28ClN5O2/c1-16-14-29(23(31)10-9-20(17-7-8-17)28-11-4-12-28)15-22-26-13-21(30(16)22)24(32)27-19-6-3-2-5-18(19)25/h2-3,5-6,9-10,13,16-17,20H,4,7-8,11-12,14-15H2,1H3,(H,27,32)/b10-9+/t16-,20?/m0/s1. The molecule has 2 atom stereocenters. The molecule has 3 aliphatic rings. The number of nitrogens with zero attached hydrogens (tertiary/aromatic N) is 4. The Morgan fingerprint density at radius 3 is 2.72 bits per heavy atom. The first-order chi connectivity index (χ1) is 15.5. The fraction of sp³-hybridized carbons (Fsp3) is 0.458. The molecule has 1 saturated heterocycles. The van der Waals surface area contributed by atoms with Crippen molar-refractivity contribution in [1.82, 2.24) is 19.4 Å². The molecular formula is C24H28ClN5O2. The van der Waals surface area contributed by atoms with E-state index in [2.05, 4.69) is 21.3 Å². The second-order valence-corrected chi connectivity index (χ2v) is 9.42. The summed E-state index contributed by atoms with van der Waals surface area (Å²) in [7, 11) is 0. The van der Waals surface area contributed by atoms with E-state index in [1.807, 2.05) is 28.5 Å². The number of hydrogen-bond donors (Lipinski definition) is 1. The summed E-state index contributed by atoms with van der Waals surface area (Å²) in [5, 5.41) is 3.34. The minimum atomic E-state index is -0.259. The van der Waals surface area contributed by atoms with Crippen molar-refractivity contribution >= 4 is 29.1 Å². The number of para-hydroxylation sites is 1. The van der Waals surface area contributed by atoms with Crippen molar-refractivity contribution in [3.63, 3.8) is 0 Å². The van der Waals surface area contributed by atoms with Crippen LogP contribution in [0.25, 0.3) is 0 Å². The summed E-state index contributed by atoms with van der Waals surface area (Å²) in [5.41, 5.74) is 1.04. The first-order valence-electron chi connectivity index (χ1n) is 11.3. The zero-order chi connectivity index (χ0) is 22.2. The van der Waals surface area contributed by atoms with Gasteiger partial charge in [0.25, 0.3) is 5.91 Å². The average molecular weight is 454 g/mol. The highest BCUT2D eigenvalue weighted by molar-refractivity contribution is 6.33. The molecule has 2 fully saturated rings. The molecule has 1 unspecified atom stereocenters. The first-order valence-corrected chi connectivity index (χ1v) is 11.7. The SMILES string of the molecule is C[C@H]1CN(C(=O)/C=C/C(C2CC2)N2CCC2)Cc2ncc(C(=O)Nc3ccccc3Cl)n21. The van der Waals surface area contributed by atoms with Gasteiger partial charge in [-0.05, 0) is 57.3 Å². The lowest BCUT2D eigenvalue weighted by molar-refractivity contribution is -0.128. The van der Waals surface area contributed by atoms with E-state index in [9.17, 15) is 9.59 Å². The molecule has 2 aliphatic heterocycles. The molecule has 168 valence electrons. The highest BCUT2D eigenvalue weighted by Gasteiger charge is 2.36. The number of hydrogen-bond acceptors (Lipinski definition) is 4. The lowest BCUT2D eigenvalue weighted by Crippen LogP contribution is -2.45. The summed E-state index contributed by atoms with van der Waals surface area (Å²) in [4.78, 5) is 34.6. The second kappa shape index (κ2) is 8.71. The van der Waals surface area contributed by atoms with Crippen molar-refractivity contribution in [3.8, 4) is 0 Å². The van der Waals surface area contributed by atoms with Gasteiger partial charge in [-0.15, -0.1) is 0 Å². The van der Waals surface area contributed by atoms with E-state index in [1.54, 1.807) is 24.4 Å². The van der Waals surface area contributed by atoms with Gasteiger partial charge in [0, 0.05) is 18.7 Å². The number of carbonyl (C=O) groups excluding carboxylic acids is 2. The number of rotatable bonds is 6. The van der Waals surface area contributed by atoms with Gasteiger partial charge in [-0.2, -0.15) is 0 Å². The number of benzene rings is 1. The largest absolute Gasteiger partial charge is 0.330 e. The number of carbonyl (C=O) groups is 2. The molecule has 1 aromatic carbocycles. The van der Waals surface area contributed by atoms with Gasteiger partial charge >= 0.3 is 0 Å². The summed E-state index contributed by atoms with van der Waals surface area (Å²) < 4.78 is 1.92. The molecule has 7 nitrogen and oxygen atoms in total. The van der Waals surface area contributed by atoms with Gasteiger partial charge in [-0.25, -0.2) is 4.98 Å². The molecule has 0 bridgehead atoms. The molecule has 2 amide bonds. The van der Waals surface area contributed by atoms with E-state index in [1.165, 1.54) is 19.3 Å². The molecule has 0 radical (unpaired) electrons. The predicted octanol–water partition coefficient (Wildman–Crippen LogP) is 3.73. The summed E-state index contributed by atoms with van der Waals surface area (Å²) >= 11 is 6.17. The monoisotopic (exact) mass is 453 g/mol. The third kappa shape index (κ3) is 4.19. The fourth-order valence-electron chi connectivity index (χ4n) is 4.67. The van der Waals surface area contributed by atoms with Crippen LogP contribution in [0.4, 0.5) is 5.69 Å². The Labute approximate surface area is 193 Å². The van der Waals surface area contributed by atoms with Crippen molar-refractivity contribution in [3.05, 3.63) is 59.2 Å².